The molecule has 0 fully saturated rings. The second kappa shape index (κ2) is 10.8. The van der Waals surface area contributed by atoms with Gasteiger partial charge in [-0.2, -0.15) is 0 Å². The van der Waals surface area contributed by atoms with E-state index in [9.17, 15) is 9.59 Å². The summed E-state index contributed by atoms with van der Waals surface area (Å²) >= 11 is 0. The van der Waals surface area contributed by atoms with Gasteiger partial charge in [-0.1, -0.05) is 36.8 Å². The highest BCUT2D eigenvalue weighted by atomic mass is 16.6. The number of unbranched alkanes of at least 4 members (excludes halogenated alkanes) is 2. The Balaban J connectivity index is 1.97. The van der Waals surface area contributed by atoms with Gasteiger partial charge >= 0.3 is 6.09 Å². The summed E-state index contributed by atoms with van der Waals surface area (Å²) < 4.78 is 10.6. The van der Waals surface area contributed by atoms with Crippen molar-refractivity contribution in [2.75, 3.05) is 13.2 Å². The van der Waals surface area contributed by atoms with Gasteiger partial charge in [0.05, 0.1) is 6.61 Å². The van der Waals surface area contributed by atoms with Gasteiger partial charge in [-0.25, -0.2) is 4.79 Å². The number of benzene rings is 1. The van der Waals surface area contributed by atoms with E-state index in [1.807, 2.05) is 51.1 Å². The summed E-state index contributed by atoms with van der Waals surface area (Å²) in [7, 11) is 0. The van der Waals surface area contributed by atoms with Crippen molar-refractivity contribution in [3.63, 3.8) is 0 Å². The van der Waals surface area contributed by atoms with Gasteiger partial charge < -0.3 is 14.8 Å². The van der Waals surface area contributed by atoms with Crippen molar-refractivity contribution in [3.8, 4) is 0 Å². The molecule has 0 aliphatic heterocycles. The lowest BCUT2D eigenvalue weighted by atomic mass is 10.1. The third kappa shape index (κ3) is 10.8. The monoisotopic (exact) mass is 335 g/mol. The van der Waals surface area contributed by atoms with Crippen LogP contribution in [-0.4, -0.2) is 30.6 Å². The van der Waals surface area contributed by atoms with E-state index in [1.54, 1.807) is 0 Å². The maximum Gasteiger partial charge on any atom is 0.407 e. The topological polar surface area (TPSA) is 64.6 Å². The minimum Gasteiger partial charge on any atom is -0.444 e. The number of carbonyl (C=O) groups excluding carboxylic acids is 2. The Hall–Kier alpha value is -1.88. The van der Waals surface area contributed by atoms with Gasteiger partial charge in [-0.3, -0.25) is 4.79 Å². The van der Waals surface area contributed by atoms with Gasteiger partial charge in [-0.15, -0.1) is 0 Å². The van der Waals surface area contributed by atoms with Crippen LogP contribution in [0.4, 0.5) is 4.79 Å². The number of amides is 1. The average molecular weight is 335 g/mol. The molecule has 0 radical (unpaired) electrons. The first-order valence-corrected chi connectivity index (χ1v) is 8.47. The van der Waals surface area contributed by atoms with Crippen molar-refractivity contribution in [1.29, 1.82) is 0 Å². The van der Waals surface area contributed by atoms with E-state index in [0.29, 0.717) is 19.6 Å². The Morgan fingerprint density at radius 1 is 1.04 bits per heavy atom. The molecule has 0 aliphatic rings. The first-order chi connectivity index (χ1) is 11.4. The van der Waals surface area contributed by atoms with Gasteiger partial charge in [0.15, 0.2) is 5.78 Å². The highest BCUT2D eigenvalue weighted by Gasteiger charge is 2.15. The molecule has 1 amide bonds. The molecular weight excluding hydrogens is 306 g/mol. The SMILES string of the molecule is CC(C)(C)OC(=O)NCCCCCC(=O)COCc1ccccc1. The predicted octanol–water partition coefficient (Wildman–Crippen LogP) is 3.86. The molecule has 1 rings (SSSR count). The van der Waals surface area contributed by atoms with Crippen molar-refractivity contribution < 1.29 is 19.1 Å². The van der Waals surface area contributed by atoms with Crippen LogP contribution in [0.1, 0.15) is 52.0 Å². The van der Waals surface area contributed by atoms with Crippen molar-refractivity contribution in [3.05, 3.63) is 35.9 Å². The molecule has 0 bridgehead atoms. The van der Waals surface area contributed by atoms with Crippen LogP contribution < -0.4 is 5.32 Å². The van der Waals surface area contributed by atoms with Gasteiger partial charge in [0.2, 0.25) is 0 Å². The van der Waals surface area contributed by atoms with Crippen molar-refractivity contribution >= 4 is 11.9 Å². The molecule has 0 unspecified atom stereocenters. The number of alkyl carbamates (subject to hydrolysis) is 1. The third-order valence-corrected chi connectivity index (χ3v) is 3.18. The number of carbonyl (C=O) groups is 2. The van der Waals surface area contributed by atoms with E-state index in [4.69, 9.17) is 9.47 Å². The summed E-state index contributed by atoms with van der Waals surface area (Å²) in [6.07, 6.45) is 2.65. The van der Waals surface area contributed by atoms with E-state index < -0.39 is 11.7 Å². The number of Topliss-reactive ketones (excluding diaryl/α,β-unsaturated/α-hetero) is 1. The highest BCUT2D eigenvalue weighted by Crippen LogP contribution is 2.07. The van der Waals surface area contributed by atoms with E-state index in [-0.39, 0.29) is 12.4 Å². The molecule has 134 valence electrons. The lowest BCUT2D eigenvalue weighted by Gasteiger charge is -2.19. The number of hydrogen-bond acceptors (Lipinski definition) is 4. The maximum atomic E-state index is 11.7. The largest absolute Gasteiger partial charge is 0.444 e. The molecule has 0 spiro atoms. The Morgan fingerprint density at radius 2 is 1.75 bits per heavy atom. The minimum absolute atomic E-state index is 0.117. The summed E-state index contributed by atoms with van der Waals surface area (Å²) in [5, 5.41) is 2.71. The standard InChI is InChI=1S/C19H29NO4/c1-19(2,3)24-18(22)20-13-9-5-8-12-17(21)15-23-14-16-10-6-4-7-11-16/h4,6-7,10-11H,5,8-9,12-15H2,1-3H3,(H,20,22). The average Bonchev–Trinajstić information content (AvgIpc) is 2.50. The fourth-order valence-electron chi connectivity index (χ4n) is 2.06. The Kier molecular flexibility index (Phi) is 9.08. The molecule has 1 N–H and O–H groups in total. The van der Waals surface area contributed by atoms with E-state index in [2.05, 4.69) is 5.32 Å². The molecule has 1 aromatic carbocycles. The zero-order chi connectivity index (χ0) is 17.8. The second-order valence-electron chi connectivity index (χ2n) is 6.76. The molecule has 0 aliphatic carbocycles. The molecule has 24 heavy (non-hydrogen) atoms. The number of nitrogens with one attached hydrogen (secondary N) is 1. The molecule has 5 nitrogen and oxygen atoms in total. The highest BCUT2D eigenvalue weighted by molar-refractivity contribution is 5.79. The van der Waals surface area contributed by atoms with E-state index in [0.717, 1.165) is 24.8 Å². The molecule has 0 aromatic heterocycles. The van der Waals surface area contributed by atoms with Gasteiger partial charge in [-0.05, 0) is 39.2 Å². The molecule has 0 saturated heterocycles. The molecular formula is C19H29NO4. The molecule has 5 heteroatoms. The zero-order valence-electron chi connectivity index (χ0n) is 15.0. The van der Waals surface area contributed by atoms with Crippen LogP contribution in [-0.2, 0) is 20.9 Å². The Labute approximate surface area is 144 Å². The van der Waals surface area contributed by atoms with Crippen LogP contribution in [0.5, 0.6) is 0 Å². The molecule has 0 atom stereocenters. The van der Waals surface area contributed by atoms with Crippen LogP contribution in [0.2, 0.25) is 0 Å². The summed E-state index contributed by atoms with van der Waals surface area (Å²) in [6, 6.07) is 9.80. The summed E-state index contributed by atoms with van der Waals surface area (Å²) in [6.45, 7) is 6.68. The van der Waals surface area contributed by atoms with Crippen LogP contribution >= 0.6 is 0 Å². The quantitative estimate of drug-likeness (QED) is 0.660. The maximum absolute atomic E-state index is 11.7. The van der Waals surface area contributed by atoms with Gasteiger partial charge in [0.1, 0.15) is 12.2 Å². The fraction of sp³-hybridized carbons (Fsp3) is 0.579. The minimum atomic E-state index is -0.476. The Morgan fingerprint density at radius 3 is 2.42 bits per heavy atom. The summed E-state index contributed by atoms with van der Waals surface area (Å²) in [5.74, 6) is 0.117. The Bertz CT molecular complexity index is 494. The number of ketones is 1. The van der Waals surface area contributed by atoms with Crippen molar-refractivity contribution in [2.24, 2.45) is 0 Å². The smallest absolute Gasteiger partial charge is 0.407 e. The molecule has 1 aromatic rings. The van der Waals surface area contributed by atoms with Crippen molar-refractivity contribution in [2.45, 2.75) is 58.7 Å². The summed E-state index contributed by atoms with van der Waals surface area (Å²) in [5.41, 5.74) is 0.592. The zero-order valence-corrected chi connectivity index (χ0v) is 15.0. The van der Waals surface area contributed by atoms with Gasteiger partial charge in [0, 0.05) is 13.0 Å². The second-order valence-corrected chi connectivity index (χ2v) is 6.76. The first kappa shape index (κ1) is 20.2. The lowest BCUT2D eigenvalue weighted by Crippen LogP contribution is -2.32. The van der Waals surface area contributed by atoms with Crippen LogP contribution in [0, 0.1) is 0 Å². The third-order valence-electron chi connectivity index (χ3n) is 3.18. The number of rotatable bonds is 10. The summed E-state index contributed by atoms with van der Waals surface area (Å²) in [4.78, 5) is 23.1. The van der Waals surface area contributed by atoms with Gasteiger partial charge in [0.25, 0.3) is 0 Å². The normalized spacial score (nSPS) is 11.1. The van der Waals surface area contributed by atoms with E-state index >= 15 is 0 Å². The van der Waals surface area contributed by atoms with Crippen LogP contribution in [0.15, 0.2) is 30.3 Å². The first-order valence-electron chi connectivity index (χ1n) is 8.47. The molecule has 0 saturated carbocycles. The van der Waals surface area contributed by atoms with Crippen molar-refractivity contribution in [1.82, 2.24) is 5.32 Å². The fourth-order valence-corrected chi connectivity index (χ4v) is 2.06. The van der Waals surface area contributed by atoms with E-state index in [1.165, 1.54) is 0 Å². The number of hydrogen-bond donors (Lipinski definition) is 1. The predicted molar refractivity (Wildman–Crippen MR) is 93.8 cm³/mol. The van der Waals surface area contributed by atoms with Crippen LogP contribution in [0.25, 0.3) is 0 Å². The lowest BCUT2D eigenvalue weighted by molar-refractivity contribution is -0.124. The number of ether oxygens (including phenoxy) is 2. The molecule has 0 heterocycles. The van der Waals surface area contributed by atoms with Crippen LogP contribution in [0.3, 0.4) is 0 Å².